The van der Waals surface area contributed by atoms with Gasteiger partial charge in [0.1, 0.15) is 0 Å². The van der Waals surface area contributed by atoms with Crippen molar-refractivity contribution in [3.05, 3.63) is 0 Å². The van der Waals surface area contributed by atoms with Crippen LogP contribution in [-0.4, -0.2) is 11.1 Å². The van der Waals surface area contributed by atoms with Crippen molar-refractivity contribution in [3.63, 3.8) is 0 Å². The van der Waals surface area contributed by atoms with Gasteiger partial charge in [0, 0.05) is 0 Å². The van der Waals surface area contributed by atoms with E-state index in [0.717, 1.165) is 38.0 Å². The Bertz CT molecular complexity index is 202. The average molecular weight is 168 g/mol. The smallest absolute Gasteiger partial charge is 0.309 e. The number of rotatable bonds is 1. The van der Waals surface area contributed by atoms with E-state index in [1.165, 1.54) is 0 Å². The van der Waals surface area contributed by atoms with Gasteiger partial charge >= 0.3 is 5.97 Å². The van der Waals surface area contributed by atoms with E-state index < -0.39 is 5.97 Å². The fraction of sp³-hybridized carbons (Fsp3) is 0.900. The van der Waals surface area contributed by atoms with Crippen molar-refractivity contribution in [1.29, 1.82) is 0 Å². The Morgan fingerprint density at radius 1 is 1.42 bits per heavy atom. The Morgan fingerprint density at radius 3 is 2.33 bits per heavy atom. The topological polar surface area (TPSA) is 37.3 Å². The van der Waals surface area contributed by atoms with Crippen LogP contribution in [0.3, 0.4) is 0 Å². The van der Waals surface area contributed by atoms with E-state index in [2.05, 4.69) is 6.92 Å². The van der Waals surface area contributed by atoms with E-state index >= 15 is 0 Å². The second-order valence-corrected chi connectivity index (χ2v) is 4.54. The van der Waals surface area contributed by atoms with Crippen LogP contribution < -0.4 is 0 Å². The van der Waals surface area contributed by atoms with Crippen molar-refractivity contribution in [2.75, 3.05) is 0 Å². The molecule has 2 heteroatoms. The van der Waals surface area contributed by atoms with Crippen LogP contribution in [-0.2, 0) is 4.79 Å². The second kappa shape index (κ2) is 2.48. The molecule has 0 aromatic carbocycles. The van der Waals surface area contributed by atoms with Crippen molar-refractivity contribution in [3.8, 4) is 0 Å². The van der Waals surface area contributed by atoms with Crippen LogP contribution in [0, 0.1) is 17.3 Å². The van der Waals surface area contributed by atoms with Gasteiger partial charge in [-0.2, -0.15) is 0 Å². The molecule has 0 heterocycles. The Kier molecular flexibility index (Phi) is 1.67. The summed E-state index contributed by atoms with van der Waals surface area (Å²) in [5, 5.41) is 9.18. The number of carboxylic acids is 1. The summed E-state index contributed by atoms with van der Waals surface area (Å²) in [6, 6.07) is 0. The van der Waals surface area contributed by atoms with E-state index in [1.54, 1.807) is 0 Å². The molecular weight excluding hydrogens is 152 g/mol. The third kappa shape index (κ3) is 0.900. The molecule has 3 saturated carbocycles. The molecule has 2 nitrogen and oxygen atoms in total. The molecule has 0 aromatic rings. The van der Waals surface area contributed by atoms with E-state index in [0.29, 0.717) is 5.92 Å². The molecule has 0 radical (unpaired) electrons. The predicted molar refractivity (Wildman–Crippen MR) is 45.8 cm³/mol. The zero-order valence-corrected chi connectivity index (χ0v) is 7.55. The molecule has 12 heavy (non-hydrogen) atoms. The molecule has 3 fully saturated rings. The van der Waals surface area contributed by atoms with Gasteiger partial charge in [0.25, 0.3) is 0 Å². The van der Waals surface area contributed by atoms with E-state index in [9.17, 15) is 9.90 Å². The van der Waals surface area contributed by atoms with E-state index in [-0.39, 0.29) is 5.41 Å². The lowest BCUT2D eigenvalue weighted by Crippen LogP contribution is -2.46. The first kappa shape index (κ1) is 8.09. The Labute approximate surface area is 73.0 Å². The minimum Gasteiger partial charge on any atom is -0.481 e. The molecule has 2 bridgehead atoms. The van der Waals surface area contributed by atoms with Crippen molar-refractivity contribution < 1.29 is 9.90 Å². The number of fused-ring (bicyclic) bond motifs is 3. The molecule has 0 saturated heterocycles. The molecule has 3 aliphatic carbocycles. The van der Waals surface area contributed by atoms with Crippen molar-refractivity contribution in [2.24, 2.45) is 17.3 Å². The van der Waals surface area contributed by atoms with Crippen molar-refractivity contribution in [1.82, 2.24) is 0 Å². The summed E-state index contributed by atoms with van der Waals surface area (Å²) in [5.41, 5.74) is -0.339. The van der Waals surface area contributed by atoms with Crippen LogP contribution in [0.4, 0.5) is 0 Å². The maximum absolute atomic E-state index is 11.1. The lowest BCUT2D eigenvalue weighted by Gasteiger charge is -2.48. The molecule has 3 rings (SSSR count). The maximum Gasteiger partial charge on any atom is 0.309 e. The lowest BCUT2D eigenvalue weighted by atomic mass is 9.55. The molecule has 0 aliphatic heterocycles. The van der Waals surface area contributed by atoms with E-state index in [1.807, 2.05) is 0 Å². The van der Waals surface area contributed by atoms with Crippen molar-refractivity contribution in [2.45, 2.75) is 39.0 Å². The zero-order valence-electron chi connectivity index (χ0n) is 7.55. The first-order chi connectivity index (χ1) is 5.65. The van der Waals surface area contributed by atoms with Crippen LogP contribution in [0.15, 0.2) is 0 Å². The van der Waals surface area contributed by atoms with Gasteiger partial charge in [0.05, 0.1) is 5.41 Å². The molecular formula is C10H16O2. The number of hydrogen-bond donors (Lipinski definition) is 1. The third-order valence-corrected chi connectivity index (χ3v) is 4.05. The number of carbonyl (C=O) groups is 1. The third-order valence-electron chi connectivity index (χ3n) is 4.05. The second-order valence-electron chi connectivity index (χ2n) is 4.54. The Balaban J connectivity index is 2.26. The molecule has 0 spiro atoms. The zero-order chi connectivity index (χ0) is 8.77. The van der Waals surface area contributed by atoms with Gasteiger partial charge in [-0.05, 0) is 43.9 Å². The highest BCUT2D eigenvalue weighted by Crippen LogP contribution is 2.53. The molecule has 1 N–H and O–H groups in total. The summed E-state index contributed by atoms with van der Waals surface area (Å²) < 4.78 is 0. The minimum absolute atomic E-state index is 0.339. The largest absolute Gasteiger partial charge is 0.481 e. The predicted octanol–water partition coefficient (Wildman–Crippen LogP) is 2.29. The summed E-state index contributed by atoms with van der Waals surface area (Å²) in [7, 11) is 0. The fourth-order valence-corrected chi connectivity index (χ4v) is 3.07. The van der Waals surface area contributed by atoms with Crippen LogP contribution in [0.1, 0.15) is 39.0 Å². The molecule has 0 amide bonds. The highest BCUT2D eigenvalue weighted by molar-refractivity contribution is 5.75. The quantitative estimate of drug-likeness (QED) is 0.652. The molecule has 3 aliphatic rings. The van der Waals surface area contributed by atoms with Crippen LogP contribution in [0.25, 0.3) is 0 Å². The number of hydrogen-bond acceptors (Lipinski definition) is 1. The molecule has 68 valence electrons. The summed E-state index contributed by atoms with van der Waals surface area (Å²) in [5.74, 6) is 0.692. The SMILES string of the molecule is C[C@@H]1CC2CCC1(C(=O)O)CC2. The molecule has 0 aromatic heterocycles. The number of carboxylic acid groups (broad SMARTS) is 1. The first-order valence-electron chi connectivity index (χ1n) is 4.88. The molecule has 1 atom stereocenters. The van der Waals surface area contributed by atoms with Gasteiger partial charge in [-0.15, -0.1) is 0 Å². The van der Waals surface area contributed by atoms with Gasteiger partial charge in [-0.1, -0.05) is 6.92 Å². The van der Waals surface area contributed by atoms with Crippen LogP contribution in [0.5, 0.6) is 0 Å². The average Bonchev–Trinajstić information content (AvgIpc) is 2.05. The summed E-state index contributed by atoms with van der Waals surface area (Å²) in [6.07, 6.45) is 5.29. The summed E-state index contributed by atoms with van der Waals surface area (Å²) >= 11 is 0. The standard InChI is InChI=1S/C10H16O2/c1-7-6-8-2-4-10(7,5-3-8)9(11)12/h7-8H,2-6H2,1H3,(H,11,12)/t7-,8?,10?/m1/s1. The Morgan fingerprint density at radius 2 is 2.00 bits per heavy atom. The summed E-state index contributed by atoms with van der Waals surface area (Å²) in [4.78, 5) is 11.1. The first-order valence-corrected chi connectivity index (χ1v) is 4.88. The van der Waals surface area contributed by atoms with Gasteiger partial charge in [0.2, 0.25) is 0 Å². The monoisotopic (exact) mass is 168 g/mol. The van der Waals surface area contributed by atoms with E-state index in [4.69, 9.17) is 0 Å². The molecule has 0 unspecified atom stereocenters. The van der Waals surface area contributed by atoms with Gasteiger partial charge in [-0.3, -0.25) is 4.79 Å². The minimum atomic E-state index is -0.548. The normalized spacial score (nSPS) is 46.1. The highest BCUT2D eigenvalue weighted by Gasteiger charge is 2.50. The number of aliphatic carboxylic acids is 1. The lowest BCUT2D eigenvalue weighted by molar-refractivity contribution is -0.160. The van der Waals surface area contributed by atoms with Gasteiger partial charge in [-0.25, -0.2) is 0 Å². The van der Waals surface area contributed by atoms with Crippen LogP contribution >= 0.6 is 0 Å². The van der Waals surface area contributed by atoms with Gasteiger partial charge < -0.3 is 5.11 Å². The van der Waals surface area contributed by atoms with Crippen LogP contribution in [0.2, 0.25) is 0 Å². The van der Waals surface area contributed by atoms with Crippen molar-refractivity contribution >= 4 is 5.97 Å². The summed E-state index contributed by atoms with van der Waals surface area (Å²) in [6.45, 7) is 2.11. The Hall–Kier alpha value is -0.530. The maximum atomic E-state index is 11.1. The highest BCUT2D eigenvalue weighted by atomic mass is 16.4. The fourth-order valence-electron chi connectivity index (χ4n) is 3.07. The van der Waals surface area contributed by atoms with Gasteiger partial charge in [0.15, 0.2) is 0 Å².